The first-order chi connectivity index (χ1) is 11.3. The Kier molecular flexibility index (Phi) is 5.55. The van der Waals surface area contributed by atoms with Gasteiger partial charge >= 0.3 is 0 Å². The van der Waals surface area contributed by atoms with Gasteiger partial charge in [0.05, 0.1) is 26.0 Å². The van der Waals surface area contributed by atoms with Crippen LogP contribution in [0.4, 0.5) is 10.2 Å². The molecule has 0 radical (unpaired) electrons. The smallest absolute Gasteiger partial charge is 0.168 e. The van der Waals surface area contributed by atoms with Gasteiger partial charge in [0.1, 0.15) is 5.82 Å². The lowest BCUT2D eigenvalue weighted by Gasteiger charge is -2.26. The number of nitrogens with zero attached hydrogens (tertiary/aromatic N) is 4. The Morgan fingerprint density at radius 2 is 1.96 bits per heavy atom. The number of hydrogen-bond acceptors (Lipinski definition) is 5. The number of halogens is 1. The minimum Gasteiger partial charge on any atom is -0.379 e. The molecule has 0 bridgehead atoms. The molecule has 1 aliphatic rings. The average Bonchev–Trinajstić information content (AvgIpc) is 3.02. The molecule has 0 saturated carbocycles. The molecule has 0 unspecified atom stereocenters. The highest BCUT2D eigenvalue weighted by Crippen LogP contribution is 2.07. The molecule has 0 amide bonds. The number of anilines is 1. The summed E-state index contributed by atoms with van der Waals surface area (Å²) in [5.41, 5.74) is 0.996. The van der Waals surface area contributed by atoms with Gasteiger partial charge in [-0.2, -0.15) is 0 Å². The van der Waals surface area contributed by atoms with E-state index >= 15 is 0 Å². The molecule has 3 rings (SSSR count). The summed E-state index contributed by atoms with van der Waals surface area (Å²) in [7, 11) is 0. The lowest BCUT2D eigenvalue weighted by molar-refractivity contribution is 0.0378. The van der Waals surface area contributed by atoms with Crippen LogP contribution >= 0.6 is 0 Å². The van der Waals surface area contributed by atoms with Gasteiger partial charge in [0.2, 0.25) is 0 Å². The highest BCUT2D eigenvalue weighted by atomic mass is 19.1. The summed E-state index contributed by atoms with van der Waals surface area (Å²) >= 11 is 0. The van der Waals surface area contributed by atoms with Gasteiger partial charge in [0.15, 0.2) is 5.82 Å². The van der Waals surface area contributed by atoms with Crippen molar-refractivity contribution in [2.24, 2.45) is 0 Å². The summed E-state index contributed by atoms with van der Waals surface area (Å²) in [5, 5.41) is 11.5. The van der Waals surface area contributed by atoms with Crippen LogP contribution in [0.1, 0.15) is 12.0 Å². The van der Waals surface area contributed by atoms with Gasteiger partial charge in [0.25, 0.3) is 0 Å². The predicted octanol–water partition coefficient (Wildman–Crippen LogP) is 1.60. The number of aromatic nitrogens is 3. The third-order valence-electron chi connectivity index (χ3n) is 3.86. The molecule has 7 heteroatoms. The van der Waals surface area contributed by atoms with E-state index in [4.69, 9.17) is 4.74 Å². The molecule has 2 heterocycles. The average molecular weight is 319 g/mol. The lowest BCUT2D eigenvalue weighted by Crippen LogP contribution is -2.37. The maximum Gasteiger partial charge on any atom is 0.168 e. The van der Waals surface area contributed by atoms with Gasteiger partial charge in [-0.15, -0.1) is 5.10 Å². The largest absolute Gasteiger partial charge is 0.379 e. The SMILES string of the molecule is Fc1ccc(Cn2cc(NCCCN3CCOCC3)nn2)cc1. The Labute approximate surface area is 135 Å². The van der Waals surface area contributed by atoms with Crippen LogP contribution in [0.2, 0.25) is 0 Å². The molecule has 1 N–H and O–H groups in total. The summed E-state index contributed by atoms with van der Waals surface area (Å²) in [6.07, 6.45) is 2.93. The van der Waals surface area contributed by atoms with Gasteiger partial charge in [0, 0.05) is 19.6 Å². The first-order valence-corrected chi connectivity index (χ1v) is 7.98. The standard InChI is InChI=1S/C16H22FN5O/c17-15-4-2-14(3-5-15)12-22-13-16(19-20-22)18-6-1-7-21-8-10-23-11-9-21/h2-5,13,18H,1,6-12H2. The molecule has 6 nitrogen and oxygen atoms in total. The lowest BCUT2D eigenvalue weighted by atomic mass is 10.2. The minimum atomic E-state index is -0.227. The van der Waals surface area contributed by atoms with Crippen molar-refractivity contribution < 1.29 is 9.13 Å². The Morgan fingerprint density at radius 3 is 2.74 bits per heavy atom. The Balaban J connectivity index is 1.39. The second-order valence-electron chi connectivity index (χ2n) is 5.66. The number of ether oxygens (including phenoxy) is 1. The zero-order chi connectivity index (χ0) is 15.9. The van der Waals surface area contributed by atoms with Crippen molar-refractivity contribution in [1.82, 2.24) is 19.9 Å². The van der Waals surface area contributed by atoms with Gasteiger partial charge < -0.3 is 10.1 Å². The van der Waals surface area contributed by atoms with E-state index in [9.17, 15) is 4.39 Å². The van der Waals surface area contributed by atoms with Crippen LogP contribution in [-0.4, -0.2) is 59.3 Å². The molecule has 2 aromatic rings. The number of rotatable bonds is 7. The van der Waals surface area contributed by atoms with Crippen molar-refractivity contribution >= 4 is 5.82 Å². The molecule has 23 heavy (non-hydrogen) atoms. The zero-order valence-corrected chi connectivity index (χ0v) is 13.1. The van der Waals surface area contributed by atoms with Gasteiger partial charge in [-0.1, -0.05) is 17.3 Å². The van der Waals surface area contributed by atoms with Crippen molar-refractivity contribution in [2.75, 3.05) is 44.7 Å². The van der Waals surface area contributed by atoms with E-state index in [2.05, 4.69) is 20.5 Å². The minimum absolute atomic E-state index is 0.227. The topological polar surface area (TPSA) is 55.2 Å². The molecule has 1 aliphatic heterocycles. The highest BCUT2D eigenvalue weighted by molar-refractivity contribution is 5.29. The molecule has 1 aromatic carbocycles. The van der Waals surface area contributed by atoms with Crippen LogP contribution in [0.5, 0.6) is 0 Å². The van der Waals surface area contributed by atoms with E-state index in [1.807, 2.05) is 6.20 Å². The number of morpholine rings is 1. The maximum atomic E-state index is 12.9. The van der Waals surface area contributed by atoms with Crippen LogP contribution in [0, 0.1) is 5.82 Å². The van der Waals surface area contributed by atoms with E-state index in [1.165, 1.54) is 12.1 Å². The van der Waals surface area contributed by atoms with E-state index in [0.29, 0.717) is 6.54 Å². The van der Waals surface area contributed by atoms with E-state index in [-0.39, 0.29) is 5.82 Å². The summed E-state index contributed by atoms with van der Waals surface area (Å²) in [4.78, 5) is 2.41. The molecule has 0 atom stereocenters. The van der Waals surface area contributed by atoms with E-state index in [1.54, 1.807) is 16.8 Å². The highest BCUT2D eigenvalue weighted by Gasteiger charge is 2.09. The fraction of sp³-hybridized carbons (Fsp3) is 0.500. The van der Waals surface area contributed by atoms with Crippen LogP contribution < -0.4 is 5.32 Å². The quantitative estimate of drug-likeness (QED) is 0.786. The molecular formula is C16H22FN5O. The second-order valence-corrected chi connectivity index (χ2v) is 5.66. The van der Waals surface area contributed by atoms with Crippen LogP contribution in [-0.2, 0) is 11.3 Å². The van der Waals surface area contributed by atoms with Gasteiger partial charge in [-0.3, -0.25) is 4.90 Å². The molecule has 1 fully saturated rings. The summed E-state index contributed by atoms with van der Waals surface area (Å²) in [6.45, 7) is 6.24. The Morgan fingerprint density at radius 1 is 1.17 bits per heavy atom. The third-order valence-corrected chi connectivity index (χ3v) is 3.86. The first kappa shape index (κ1) is 15.9. The van der Waals surface area contributed by atoms with E-state index in [0.717, 1.165) is 57.2 Å². The van der Waals surface area contributed by atoms with Crippen molar-refractivity contribution in [1.29, 1.82) is 0 Å². The normalized spacial score (nSPS) is 15.7. The summed E-state index contributed by atoms with van der Waals surface area (Å²) < 4.78 is 20.0. The van der Waals surface area contributed by atoms with Crippen LogP contribution in [0.15, 0.2) is 30.5 Å². The predicted molar refractivity (Wildman–Crippen MR) is 85.9 cm³/mol. The second kappa shape index (κ2) is 8.03. The van der Waals surface area contributed by atoms with Crippen molar-refractivity contribution in [3.05, 3.63) is 41.8 Å². The van der Waals surface area contributed by atoms with Crippen molar-refractivity contribution in [2.45, 2.75) is 13.0 Å². The molecule has 0 spiro atoms. The molecule has 1 saturated heterocycles. The summed E-state index contributed by atoms with van der Waals surface area (Å²) in [5.74, 6) is 0.545. The molecule has 124 valence electrons. The number of nitrogens with one attached hydrogen (secondary N) is 1. The number of hydrogen-bond donors (Lipinski definition) is 1. The molecule has 0 aliphatic carbocycles. The monoisotopic (exact) mass is 319 g/mol. The maximum absolute atomic E-state index is 12.9. The van der Waals surface area contributed by atoms with Gasteiger partial charge in [-0.25, -0.2) is 9.07 Å². The van der Waals surface area contributed by atoms with Gasteiger partial charge in [-0.05, 0) is 30.7 Å². The zero-order valence-electron chi connectivity index (χ0n) is 13.1. The fourth-order valence-corrected chi connectivity index (χ4v) is 2.58. The van der Waals surface area contributed by atoms with Crippen LogP contribution in [0.25, 0.3) is 0 Å². The van der Waals surface area contributed by atoms with Crippen LogP contribution in [0.3, 0.4) is 0 Å². The Hall–Kier alpha value is -1.99. The fourth-order valence-electron chi connectivity index (χ4n) is 2.58. The van der Waals surface area contributed by atoms with Crippen molar-refractivity contribution in [3.63, 3.8) is 0 Å². The van der Waals surface area contributed by atoms with E-state index < -0.39 is 0 Å². The van der Waals surface area contributed by atoms with Crippen molar-refractivity contribution in [3.8, 4) is 0 Å². The third kappa shape index (κ3) is 5.01. The number of benzene rings is 1. The molecular weight excluding hydrogens is 297 g/mol. The first-order valence-electron chi connectivity index (χ1n) is 7.98. The molecule has 1 aromatic heterocycles. The Bertz CT molecular complexity index is 595. The summed E-state index contributed by atoms with van der Waals surface area (Å²) in [6, 6.07) is 6.42.